The summed E-state index contributed by atoms with van der Waals surface area (Å²) in [6.45, 7) is 10.1. The fourth-order valence-corrected chi connectivity index (χ4v) is 0.917. The van der Waals surface area contributed by atoms with Crippen LogP contribution in [-0.2, 0) is 6.54 Å². The second-order valence-corrected chi connectivity index (χ2v) is 2.13. The van der Waals surface area contributed by atoms with E-state index in [9.17, 15) is 0 Å². The Labute approximate surface area is 67.7 Å². The van der Waals surface area contributed by atoms with Crippen LogP contribution < -0.4 is 4.57 Å². The van der Waals surface area contributed by atoms with Crippen molar-refractivity contribution in [2.45, 2.75) is 20.4 Å². The average Bonchev–Trinajstić information content (AvgIpc) is 2.09. The molecule has 0 aliphatic heterocycles. The highest BCUT2D eigenvalue weighted by Gasteiger charge is 1.96. The van der Waals surface area contributed by atoms with E-state index in [0.29, 0.717) is 0 Å². The zero-order chi connectivity index (χ0) is 8.69. The smallest absolute Gasteiger partial charge is 0.178 e. The molecule has 1 heterocycles. The Bertz CT molecular complexity index is 228. The summed E-state index contributed by atoms with van der Waals surface area (Å²) in [7, 11) is 0. The summed E-state index contributed by atoms with van der Waals surface area (Å²) in [6, 6.07) is 6.22. The van der Waals surface area contributed by atoms with Crippen molar-refractivity contribution in [2.24, 2.45) is 0 Å². The summed E-state index contributed by atoms with van der Waals surface area (Å²) in [4.78, 5) is 0. The van der Waals surface area contributed by atoms with Crippen molar-refractivity contribution in [1.82, 2.24) is 0 Å². The van der Waals surface area contributed by atoms with E-state index in [4.69, 9.17) is 11.8 Å². The third-order valence-corrected chi connectivity index (χ3v) is 1.51. The van der Waals surface area contributed by atoms with Crippen LogP contribution in [0.25, 0.3) is 0 Å². The van der Waals surface area contributed by atoms with Gasteiger partial charge in [-0.25, -0.2) is 4.57 Å². The summed E-state index contributed by atoms with van der Waals surface area (Å²) in [5, 5.41) is 6.25. The molecule has 1 aromatic heterocycles. The molecule has 11 heavy (non-hydrogen) atoms. The Hall–Kier alpha value is -1.36. The molecule has 0 atom stereocenters. The van der Waals surface area contributed by atoms with Crippen LogP contribution >= 0.6 is 0 Å². The van der Waals surface area contributed by atoms with Crippen LogP contribution in [-0.4, -0.2) is 0 Å². The lowest BCUT2D eigenvalue weighted by Crippen LogP contribution is -2.34. The molecule has 0 spiro atoms. The minimum absolute atomic E-state index is 1.06. The zero-order valence-electron chi connectivity index (χ0n) is 6.91. The van der Waals surface area contributed by atoms with Crippen molar-refractivity contribution in [2.75, 3.05) is 0 Å². The van der Waals surface area contributed by atoms with Crippen molar-refractivity contribution < 1.29 is 4.57 Å². The second kappa shape index (κ2) is 5.43. The van der Waals surface area contributed by atoms with Gasteiger partial charge in [0.25, 0.3) is 0 Å². The zero-order valence-corrected chi connectivity index (χ0v) is 6.91. The molecular formula is C9H12N2. The number of rotatable bonds is 1. The maximum atomic E-state index is 6.25. The molecule has 0 unspecified atom stereocenters. The first kappa shape index (κ1) is 9.64. The Morgan fingerprint density at radius 3 is 2.45 bits per heavy atom. The molecular weight excluding hydrogens is 136 g/mol. The first-order valence-corrected chi connectivity index (χ1v) is 3.52. The Morgan fingerprint density at radius 1 is 1.45 bits per heavy atom. The van der Waals surface area contributed by atoms with Gasteiger partial charge in [0.1, 0.15) is 6.54 Å². The molecule has 2 nitrogen and oxygen atoms in total. The van der Waals surface area contributed by atoms with E-state index < -0.39 is 0 Å². The van der Waals surface area contributed by atoms with Gasteiger partial charge in [0, 0.05) is 19.1 Å². The fourth-order valence-electron chi connectivity index (χ4n) is 0.917. The summed E-state index contributed by atoms with van der Waals surface area (Å²) < 4.78 is 2.21. The van der Waals surface area contributed by atoms with Gasteiger partial charge in [-0.3, -0.25) is 0 Å². The summed E-state index contributed by atoms with van der Waals surface area (Å²) >= 11 is 0. The van der Waals surface area contributed by atoms with Crippen molar-refractivity contribution >= 4 is 0 Å². The lowest BCUT2D eigenvalue weighted by atomic mass is 10.4. The highest BCUT2D eigenvalue weighted by Crippen LogP contribution is 1.85. The van der Waals surface area contributed by atoms with E-state index >= 15 is 0 Å². The Balaban J connectivity index is 0.000000461. The van der Waals surface area contributed by atoms with Crippen LogP contribution in [0.2, 0.25) is 0 Å². The van der Waals surface area contributed by atoms with Crippen LogP contribution in [0.1, 0.15) is 12.6 Å². The van der Waals surface area contributed by atoms with Gasteiger partial charge < -0.3 is 11.8 Å². The monoisotopic (exact) mass is 148 g/mol. The second-order valence-electron chi connectivity index (χ2n) is 2.13. The molecule has 0 aliphatic rings. The van der Waals surface area contributed by atoms with Crippen molar-refractivity contribution in [3.63, 3.8) is 0 Å². The first-order valence-electron chi connectivity index (χ1n) is 3.52. The minimum Gasteiger partial charge on any atom is -0.512 e. The Kier molecular flexibility index (Phi) is 4.76. The minimum atomic E-state index is 1.06. The maximum Gasteiger partial charge on any atom is 0.178 e. The van der Waals surface area contributed by atoms with Crippen LogP contribution in [0, 0.1) is 18.8 Å². The number of aromatic nitrogens is 1. The highest BCUT2D eigenvalue weighted by atomic mass is 14.9. The number of aryl methyl sites for hydroxylation is 2. The normalized spacial score (nSPS) is 8.00. The maximum absolute atomic E-state index is 6.25. The lowest BCUT2D eigenvalue weighted by molar-refractivity contribution is -0.699. The van der Waals surface area contributed by atoms with Gasteiger partial charge in [-0.2, -0.15) is 0 Å². The lowest BCUT2D eigenvalue weighted by Gasteiger charge is -1.92. The third-order valence-electron chi connectivity index (χ3n) is 1.51. The van der Waals surface area contributed by atoms with Gasteiger partial charge in [-0.05, 0) is 6.92 Å². The van der Waals surface area contributed by atoms with Crippen LogP contribution in [0.5, 0.6) is 0 Å². The van der Waals surface area contributed by atoms with E-state index in [-0.39, 0.29) is 0 Å². The quantitative estimate of drug-likeness (QED) is 0.437. The summed E-state index contributed by atoms with van der Waals surface area (Å²) in [5.41, 5.74) is 1.32. The molecule has 58 valence electrons. The topological polar surface area (TPSA) is 27.7 Å². The summed E-state index contributed by atoms with van der Waals surface area (Å²) in [5.74, 6) is 0. The third kappa shape index (κ3) is 2.81. The standard InChI is InChI=1S/C8H12N.CN/c1-3-9-7-5-4-6-8(9)2;1-2/h4-7H,3H2,1-2H3;/q+1;-1. The van der Waals surface area contributed by atoms with Gasteiger partial charge in [0.05, 0.1) is 0 Å². The average molecular weight is 148 g/mol. The molecule has 0 amide bonds. The van der Waals surface area contributed by atoms with Crippen LogP contribution in [0.4, 0.5) is 0 Å². The van der Waals surface area contributed by atoms with Gasteiger partial charge in [-0.1, -0.05) is 6.07 Å². The van der Waals surface area contributed by atoms with E-state index in [1.54, 1.807) is 0 Å². The molecule has 1 aromatic rings. The number of nitrogens with zero attached hydrogens (tertiary/aromatic N) is 2. The summed E-state index contributed by atoms with van der Waals surface area (Å²) in [6.07, 6.45) is 2.09. The predicted molar refractivity (Wildman–Crippen MR) is 42.0 cm³/mol. The largest absolute Gasteiger partial charge is 0.512 e. The van der Waals surface area contributed by atoms with Crippen LogP contribution in [0.15, 0.2) is 24.4 Å². The van der Waals surface area contributed by atoms with E-state index in [1.165, 1.54) is 5.69 Å². The molecule has 0 aliphatic carbocycles. The van der Waals surface area contributed by atoms with E-state index in [2.05, 4.69) is 42.8 Å². The van der Waals surface area contributed by atoms with Crippen molar-refractivity contribution in [3.8, 4) is 0 Å². The molecule has 2 heteroatoms. The number of hydrogen-bond acceptors (Lipinski definition) is 1. The van der Waals surface area contributed by atoms with Gasteiger partial charge in [0.15, 0.2) is 11.9 Å². The molecule has 0 fully saturated rings. The van der Waals surface area contributed by atoms with Crippen molar-refractivity contribution in [3.05, 3.63) is 36.7 Å². The highest BCUT2D eigenvalue weighted by molar-refractivity contribution is 4.93. The predicted octanol–water partition coefficient (Wildman–Crippen LogP) is 1.40. The number of hydrogen-bond donors (Lipinski definition) is 0. The molecule has 0 bridgehead atoms. The molecule has 0 saturated carbocycles. The van der Waals surface area contributed by atoms with Crippen LogP contribution in [0.3, 0.4) is 0 Å². The molecule has 0 saturated heterocycles. The van der Waals surface area contributed by atoms with Gasteiger partial charge in [0.2, 0.25) is 0 Å². The molecule has 0 N–H and O–H groups in total. The molecule has 0 aromatic carbocycles. The number of pyridine rings is 1. The fraction of sp³-hybridized carbons (Fsp3) is 0.333. The molecule has 1 rings (SSSR count). The first-order chi connectivity index (χ1) is 5.34. The van der Waals surface area contributed by atoms with E-state index in [0.717, 1.165) is 6.54 Å². The van der Waals surface area contributed by atoms with Crippen molar-refractivity contribution in [1.29, 1.82) is 5.26 Å². The van der Waals surface area contributed by atoms with E-state index in [1.807, 2.05) is 0 Å². The Morgan fingerprint density at radius 2 is 2.09 bits per heavy atom. The van der Waals surface area contributed by atoms with Gasteiger partial charge in [-0.15, -0.1) is 0 Å². The molecule has 0 radical (unpaired) electrons. The van der Waals surface area contributed by atoms with Gasteiger partial charge >= 0.3 is 0 Å². The SMILES string of the molecule is CC[n+]1ccccc1C.[C-]#N.